The molecule has 1 saturated carbocycles. The molecular weight excluding hydrogens is 392 g/mol. The fourth-order valence-corrected chi connectivity index (χ4v) is 4.13. The van der Waals surface area contributed by atoms with Gasteiger partial charge in [0.15, 0.2) is 11.7 Å². The van der Waals surface area contributed by atoms with Gasteiger partial charge in [-0.15, -0.1) is 0 Å². The molecule has 7 nitrogen and oxygen atoms in total. The van der Waals surface area contributed by atoms with Crippen molar-refractivity contribution < 1.29 is 14.3 Å². The van der Waals surface area contributed by atoms with Gasteiger partial charge in [0.05, 0.1) is 12.8 Å². The number of hydrogen-bond acceptors (Lipinski definition) is 4. The van der Waals surface area contributed by atoms with Crippen molar-refractivity contribution in [3.05, 3.63) is 54.0 Å². The van der Waals surface area contributed by atoms with Gasteiger partial charge in [-0.1, -0.05) is 31.4 Å². The highest BCUT2D eigenvalue weighted by atomic mass is 16.3. The van der Waals surface area contributed by atoms with Gasteiger partial charge in [0.2, 0.25) is 0 Å². The monoisotopic (exact) mass is 426 g/mol. The lowest BCUT2D eigenvalue weighted by Gasteiger charge is -2.37. The number of aliphatic hydroxyl groups is 1. The second-order valence-corrected chi connectivity index (χ2v) is 8.21. The Morgan fingerprint density at radius 1 is 1.13 bits per heavy atom. The Morgan fingerprint density at radius 3 is 2.55 bits per heavy atom. The molecule has 1 aliphatic carbocycles. The molecule has 1 fully saturated rings. The maximum Gasteiger partial charge on any atom is 0.291 e. The van der Waals surface area contributed by atoms with Gasteiger partial charge in [-0.25, -0.2) is 4.99 Å². The predicted molar refractivity (Wildman–Crippen MR) is 123 cm³/mol. The van der Waals surface area contributed by atoms with E-state index in [1.165, 1.54) is 25.5 Å². The smallest absolute Gasteiger partial charge is 0.291 e. The molecule has 1 aromatic heterocycles. The molecule has 0 spiro atoms. The standard InChI is InChI=1S/C24H34N4O3/c1-2-25-23(27-18-24(14-15-29)12-4-3-5-13-24)26-17-19-8-10-20(11-9-19)28-22(30)21-7-6-16-31-21/h6-11,16,29H,2-5,12-15,17-18H2,1H3,(H,28,30)(H2,25,26,27). The molecule has 31 heavy (non-hydrogen) atoms. The topological polar surface area (TPSA) is 98.9 Å². The van der Waals surface area contributed by atoms with Crippen molar-refractivity contribution in [3.8, 4) is 0 Å². The zero-order chi connectivity index (χ0) is 21.9. The van der Waals surface area contributed by atoms with Gasteiger partial charge < -0.3 is 25.5 Å². The highest BCUT2D eigenvalue weighted by molar-refractivity contribution is 6.02. The van der Waals surface area contributed by atoms with Crippen LogP contribution in [0.25, 0.3) is 0 Å². The van der Waals surface area contributed by atoms with Crippen molar-refractivity contribution in [1.82, 2.24) is 10.6 Å². The van der Waals surface area contributed by atoms with Gasteiger partial charge in [-0.05, 0) is 61.4 Å². The van der Waals surface area contributed by atoms with Gasteiger partial charge in [-0.2, -0.15) is 0 Å². The number of furan rings is 1. The number of carbonyl (C=O) groups excluding carboxylic acids is 1. The molecule has 0 unspecified atom stereocenters. The van der Waals surface area contributed by atoms with Crippen molar-refractivity contribution >= 4 is 17.6 Å². The van der Waals surface area contributed by atoms with Crippen LogP contribution in [0, 0.1) is 5.41 Å². The van der Waals surface area contributed by atoms with Crippen LogP contribution in [0.1, 0.15) is 61.6 Å². The van der Waals surface area contributed by atoms with Gasteiger partial charge in [0.1, 0.15) is 0 Å². The van der Waals surface area contributed by atoms with Gasteiger partial charge in [-0.3, -0.25) is 4.79 Å². The van der Waals surface area contributed by atoms with Crippen LogP contribution in [0.3, 0.4) is 0 Å². The molecule has 1 heterocycles. The summed E-state index contributed by atoms with van der Waals surface area (Å²) in [4.78, 5) is 16.8. The van der Waals surface area contributed by atoms with Crippen LogP contribution < -0.4 is 16.0 Å². The lowest BCUT2D eigenvalue weighted by molar-refractivity contribution is 0.0996. The summed E-state index contributed by atoms with van der Waals surface area (Å²) in [5, 5.41) is 19.2. The third-order valence-corrected chi connectivity index (χ3v) is 5.91. The minimum atomic E-state index is -0.270. The number of aliphatic hydroxyl groups excluding tert-OH is 1. The molecule has 0 atom stereocenters. The van der Waals surface area contributed by atoms with Crippen LogP contribution in [-0.2, 0) is 6.54 Å². The predicted octanol–water partition coefficient (Wildman–Crippen LogP) is 3.92. The maximum atomic E-state index is 12.1. The fourth-order valence-electron chi connectivity index (χ4n) is 4.13. The van der Waals surface area contributed by atoms with Crippen molar-refractivity contribution in [2.24, 2.45) is 10.4 Å². The van der Waals surface area contributed by atoms with Crippen LogP contribution in [0.4, 0.5) is 5.69 Å². The van der Waals surface area contributed by atoms with Crippen LogP contribution in [0.15, 0.2) is 52.1 Å². The Bertz CT molecular complexity index is 820. The fraction of sp³-hybridized carbons (Fsp3) is 0.500. The molecule has 2 aromatic rings. The summed E-state index contributed by atoms with van der Waals surface area (Å²) in [7, 11) is 0. The maximum absolute atomic E-state index is 12.1. The molecule has 0 bridgehead atoms. The molecule has 1 aliphatic rings. The Kier molecular flexibility index (Phi) is 8.53. The third-order valence-electron chi connectivity index (χ3n) is 5.91. The van der Waals surface area contributed by atoms with E-state index in [2.05, 4.69) is 22.9 Å². The number of rotatable bonds is 9. The summed E-state index contributed by atoms with van der Waals surface area (Å²) in [6, 6.07) is 11.0. The first-order chi connectivity index (χ1) is 15.1. The van der Waals surface area contributed by atoms with E-state index < -0.39 is 0 Å². The summed E-state index contributed by atoms with van der Waals surface area (Å²) in [5.74, 6) is 0.807. The summed E-state index contributed by atoms with van der Waals surface area (Å²) >= 11 is 0. The number of amides is 1. The average molecular weight is 427 g/mol. The van der Waals surface area contributed by atoms with E-state index >= 15 is 0 Å². The number of benzene rings is 1. The number of hydrogen-bond donors (Lipinski definition) is 4. The first-order valence-electron chi connectivity index (χ1n) is 11.2. The largest absolute Gasteiger partial charge is 0.459 e. The highest BCUT2D eigenvalue weighted by Crippen LogP contribution is 2.38. The van der Waals surface area contributed by atoms with Crippen molar-refractivity contribution in [2.75, 3.05) is 25.0 Å². The van der Waals surface area contributed by atoms with Crippen molar-refractivity contribution in [3.63, 3.8) is 0 Å². The number of anilines is 1. The molecule has 0 saturated heterocycles. The normalized spacial score (nSPS) is 16.0. The Balaban J connectivity index is 1.56. The second kappa shape index (κ2) is 11.6. The number of guanidine groups is 1. The highest BCUT2D eigenvalue weighted by Gasteiger charge is 2.31. The first kappa shape index (κ1) is 22.9. The zero-order valence-electron chi connectivity index (χ0n) is 18.3. The summed E-state index contributed by atoms with van der Waals surface area (Å²) in [6.07, 6.45) is 8.39. The number of carbonyl (C=O) groups is 1. The SMILES string of the molecule is CCNC(=NCc1ccc(NC(=O)c2ccco2)cc1)NCC1(CCO)CCCCC1. The van der Waals surface area contributed by atoms with E-state index in [0.29, 0.717) is 12.2 Å². The molecule has 4 N–H and O–H groups in total. The number of nitrogens with one attached hydrogen (secondary N) is 3. The summed E-state index contributed by atoms with van der Waals surface area (Å²) in [5.41, 5.74) is 1.93. The van der Waals surface area contributed by atoms with E-state index in [-0.39, 0.29) is 23.7 Å². The molecule has 1 amide bonds. The molecule has 168 valence electrons. The van der Waals surface area contributed by atoms with E-state index in [9.17, 15) is 9.90 Å². The Labute approximate surface area is 184 Å². The number of aliphatic imine (C=N–C) groups is 1. The van der Waals surface area contributed by atoms with E-state index in [1.54, 1.807) is 12.1 Å². The van der Waals surface area contributed by atoms with Crippen LogP contribution in [-0.4, -0.2) is 36.7 Å². The van der Waals surface area contributed by atoms with E-state index in [0.717, 1.165) is 43.9 Å². The van der Waals surface area contributed by atoms with E-state index in [4.69, 9.17) is 9.41 Å². The lowest BCUT2D eigenvalue weighted by atomic mass is 9.72. The van der Waals surface area contributed by atoms with Gasteiger partial charge in [0.25, 0.3) is 5.91 Å². The molecule has 3 rings (SSSR count). The Hall–Kier alpha value is -2.80. The zero-order valence-corrected chi connectivity index (χ0v) is 18.3. The molecule has 1 aromatic carbocycles. The lowest BCUT2D eigenvalue weighted by Crippen LogP contribution is -2.44. The van der Waals surface area contributed by atoms with Crippen LogP contribution in [0.5, 0.6) is 0 Å². The summed E-state index contributed by atoms with van der Waals surface area (Å²) < 4.78 is 5.11. The third kappa shape index (κ3) is 6.85. The second-order valence-electron chi connectivity index (χ2n) is 8.21. The van der Waals surface area contributed by atoms with Crippen LogP contribution in [0.2, 0.25) is 0 Å². The molecule has 0 aliphatic heterocycles. The van der Waals surface area contributed by atoms with Crippen molar-refractivity contribution in [1.29, 1.82) is 0 Å². The van der Waals surface area contributed by atoms with Gasteiger partial charge >= 0.3 is 0 Å². The first-order valence-corrected chi connectivity index (χ1v) is 11.2. The number of nitrogens with zero attached hydrogens (tertiary/aromatic N) is 1. The minimum Gasteiger partial charge on any atom is -0.459 e. The molecule has 0 radical (unpaired) electrons. The Morgan fingerprint density at radius 2 is 1.90 bits per heavy atom. The quantitative estimate of drug-likeness (QED) is 0.360. The summed E-state index contributed by atoms with van der Waals surface area (Å²) in [6.45, 7) is 4.44. The average Bonchev–Trinajstić information content (AvgIpc) is 3.33. The molecule has 7 heteroatoms. The van der Waals surface area contributed by atoms with Crippen LogP contribution >= 0.6 is 0 Å². The molecular formula is C24H34N4O3. The van der Waals surface area contributed by atoms with E-state index in [1.807, 2.05) is 24.3 Å². The van der Waals surface area contributed by atoms with Gasteiger partial charge in [0, 0.05) is 25.4 Å². The minimum absolute atomic E-state index is 0.164. The van der Waals surface area contributed by atoms with Crippen molar-refractivity contribution in [2.45, 2.75) is 52.0 Å².